The van der Waals surface area contributed by atoms with Gasteiger partial charge in [-0.3, -0.25) is 0 Å². The zero-order chi connectivity index (χ0) is 10.7. The molecule has 82 valence electrons. The Morgan fingerprint density at radius 3 is 2.87 bits per heavy atom. The lowest BCUT2D eigenvalue weighted by atomic mass is 9.91. The molecule has 0 aromatic heterocycles. The van der Waals surface area contributed by atoms with Crippen LogP contribution in [-0.4, -0.2) is 13.1 Å². The van der Waals surface area contributed by atoms with Crippen LogP contribution in [0.4, 0.5) is 8.78 Å². The van der Waals surface area contributed by atoms with Crippen LogP contribution in [0.25, 0.3) is 0 Å². The second-order valence-electron chi connectivity index (χ2n) is 4.04. The molecule has 0 saturated carbocycles. The first-order chi connectivity index (χ1) is 7.27. The van der Waals surface area contributed by atoms with Gasteiger partial charge in [0, 0.05) is 0 Å². The molecule has 1 aromatic rings. The number of rotatable bonds is 1. The fourth-order valence-corrected chi connectivity index (χ4v) is 2.16. The molecule has 1 unspecified atom stereocenters. The van der Waals surface area contributed by atoms with E-state index in [-0.39, 0.29) is 17.6 Å². The van der Waals surface area contributed by atoms with Crippen LogP contribution in [0, 0.1) is 11.6 Å². The maximum absolute atomic E-state index is 13.5. The maximum Gasteiger partial charge on any atom is 0.126 e. The third kappa shape index (κ3) is 2.53. The second-order valence-corrected chi connectivity index (χ2v) is 4.04. The van der Waals surface area contributed by atoms with Crippen LogP contribution in [0.1, 0.15) is 30.7 Å². The molecule has 1 atom stereocenters. The van der Waals surface area contributed by atoms with Crippen LogP contribution >= 0.6 is 0 Å². The average molecular weight is 211 g/mol. The van der Waals surface area contributed by atoms with Crippen LogP contribution in [0.5, 0.6) is 0 Å². The minimum atomic E-state index is -0.344. The van der Waals surface area contributed by atoms with Gasteiger partial charge in [-0.2, -0.15) is 0 Å². The van der Waals surface area contributed by atoms with E-state index < -0.39 is 0 Å². The van der Waals surface area contributed by atoms with Crippen molar-refractivity contribution in [2.45, 2.75) is 25.2 Å². The molecule has 1 aliphatic heterocycles. The predicted octanol–water partition coefficient (Wildman–Crippen LogP) is 2.82. The van der Waals surface area contributed by atoms with Gasteiger partial charge in [0.2, 0.25) is 0 Å². The molecule has 1 fully saturated rings. The van der Waals surface area contributed by atoms with Gasteiger partial charge >= 0.3 is 0 Å². The molecule has 15 heavy (non-hydrogen) atoms. The summed E-state index contributed by atoms with van der Waals surface area (Å²) in [5, 5.41) is 3.26. The Kier molecular flexibility index (Phi) is 3.31. The first-order valence-electron chi connectivity index (χ1n) is 5.43. The highest BCUT2D eigenvalue weighted by atomic mass is 19.1. The summed E-state index contributed by atoms with van der Waals surface area (Å²) in [6.07, 6.45) is 2.86. The summed E-state index contributed by atoms with van der Waals surface area (Å²) in [4.78, 5) is 0. The van der Waals surface area contributed by atoms with Crippen molar-refractivity contribution in [2.24, 2.45) is 0 Å². The summed E-state index contributed by atoms with van der Waals surface area (Å²) in [6.45, 7) is 1.87. The maximum atomic E-state index is 13.5. The lowest BCUT2D eigenvalue weighted by Crippen LogP contribution is -2.14. The monoisotopic (exact) mass is 211 g/mol. The highest BCUT2D eigenvalue weighted by Crippen LogP contribution is 2.28. The molecule has 2 rings (SSSR count). The van der Waals surface area contributed by atoms with Crippen molar-refractivity contribution in [3.05, 3.63) is 35.4 Å². The van der Waals surface area contributed by atoms with Gasteiger partial charge in [0.05, 0.1) is 0 Å². The number of halogens is 2. The first-order valence-corrected chi connectivity index (χ1v) is 5.43. The van der Waals surface area contributed by atoms with E-state index in [1.54, 1.807) is 0 Å². The molecule has 3 heteroatoms. The zero-order valence-corrected chi connectivity index (χ0v) is 8.60. The van der Waals surface area contributed by atoms with Gasteiger partial charge in [-0.25, -0.2) is 8.78 Å². The van der Waals surface area contributed by atoms with E-state index in [1.807, 2.05) is 0 Å². The van der Waals surface area contributed by atoms with Gasteiger partial charge in [-0.1, -0.05) is 0 Å². The largest absolute Gasteiger partial charge is 0.317 e. The number of nitrogens with one attached hydrogen (secondary N) is 1. The van der Waals surface area contributed by atoms with Crippen LogP contribution in [0.15, 0.2) is 18.2 Å². The summed E-state index contributed by atoms with van der Waals surface area (Å²) in [5.74, 6) is -0.456. The summed E-state index contributed by atoms with van der Waals surface area (Å²) in [7, 11) is 0. The van der Waals surface area contributed by atoms with E-state index in [0.29, 0.717) is 5.56 Å². The Bertz CT molecular complexity index is 330. The van der Waals surface area contributed by atoms with Gasteiger partial charge in [-0.05, 0) is 62.0 Å². The Hall–Kier alpha value is -0.960. The SMILES string of the molecule is Fc1ccc(F)c(C2CCCNCC2)c1. The molecule has 1 heterocycles. The Morgan fingerprint density at radius 1 is 1.13 bits per heavy atom. The van der Waals surface area contributed by atoms with Crippen LogP contribution < -0.4 is 5.32 Å². The summed E-state index contributed by atoms with van der Waals surface area (Å²) >= 11 is 0. The molecule has 1 aliphatic rings. The predicted molar refractivity (Wildman–Crippen MR) is 55.8 cm³/mol. The molecule has 0 spiro atoms. The van der Waals surface area contributed by atoms with E-state index in [2.05, 4.69) is 5.32 Å². The fourth-order valence-electron chi connectivity index (χ4n) is 2.16. The van der Waals surface area contributed by atoms with E-state index in [9.17, 15) is 8.78 Å². The minimum absolute atomic E-state index is 0.163. The fraction of sp³-hybridized carbons (Fsp3) is 0.500. The standard InChI is InChI=1S/C12H15F2N/c13-10-3-4-12(14)11(8-10)9-2-1-6-15-7-5-9/h3-4,8-9,15H,1-2,5-7H2. The topological polar surface area (TPSA) is 12.0 Å². The van der Waals surface area contributed by atoms with Gasteiger partial charge in [0.15, 0.2) is 0 Å². The summed E-state index contributed by atoms with van der Waals surface area (Å²) < 4.78 is 26.5. The highest BCUT2D eigenvalue weighted by molar-refractivity contribution is 5.23. The van der Waals surface area contributed by atoms with Crippen molar-refractivity contribution in [2.75, 3.05) is 13.1 Å². The third-order valence-electron chi connectivity index (χ3n) is 2.97. The molecule has 0 aliphatic carbocycles. The normalized spacial score (nSPS) is 22.4. The van der Waals surface area contributed by atoms with E-state index in [0.717, 1.165) is 32.4 Å². The Labute approximate surface area is 88.5 Å². The highest BCUT2D eigenvalue weighted by Gasteiger charge is 2.17. The molecule has 0 amide bonds. The van der Waals surface area contributed by atoms with Crippen molar-refractivity contribution in [1.29, 1.82) is 0 Å². The average Bonchev–Trinajstić information content (AvgIpc) is 2.50. The molecule has 1 aromatic carbocycles. The quantitative estimate of drug-likeness (QED) is 0.753. The van der Waals surface area contributed by atoms with Gasteiger partial charge in [0.1, 0.15) is 11.6 Å². The number of hydrogen-bond acceptors (Lipinski definition) is 1. The van der Waals surface area contributed by atoms with Gasteiger partial charge < -0.3 is 5.32 Å². The van der Waals surface area contributed by atoms with Crippen LogP contribution in [0.3, 0.4) is 0 Å². The molecule has 0 bridgehead atoms. The van der Waals surface area contributed by atoms with Gasteiger partial charge in [0.25, 0.3) is 0 Å². The lowest BCUT2D eigenvalue weighted by Gasteiger charge is -2.14. The van der Waals surface area contributed by atoms with Crippen LogP contribution in [0.2, 0.25) is 0 Å². The molecular formula is C12H15F2N. The number of benzene rings is 1. The van der Waals surface area contributed by atoms with E-state index >= 15 is 0 Å². The van der Waals surface area contributed by atoms with Crippen molar-refractivity contribution in [3.63, 3.8) is 0 Å². The van der Waals surface area contributed by atoms with E-state index in [4.69, 9.17) is 0 Å². The summed E-state index contributed by atoms with van der Waals surface area (Å²) in [6, 6.07) is 3.74. The molecule has 1 saturated heterocycles. The molecule has 1 nitrogen and oxygen atoms in total. The van der Waals surface area contributed by atoms with Crippen LogP contribution in [-0.2, 0) is 0 Å². The molecule has 0 radical (unpaired) electrons. The van der Waals surface area contributed by atoms with Crippen molar-refractivity contribution in [1.82, 2.24) is 5.32 Å². The number of hydrogen-bond donors (Lipinski definition) is 1. The van der Waals surface area contributed by atoms with Crippen molar-refractivity contribution >= 4 is 0 Å². The molecule has 1 N–H and O–H groups in total. The zero-order valence-electron chi connectivity index (χ0n) is 8.60. The Balaban J connectivity index is 2.22. The summed E-state index contributed by atoms with van der Waals surface area (Å²) in [5.41, 5.74) is 0.540. The third-order valence-corrected chi connectivity index (χ3v) is 2.97. The Morgan fingerprint density at radius 2 is 2.00 bits per heavy atom. The minimum Gasteiger partial charge on any atom is -0.317 e. The second kappa shape index (κ2) is 4.71. The lowest BCUT2D eigenvalue weighted by molar-refractivity contribution is 0.533. The van der Waals surface area contributed by atoms with Gasteiger partial charge in [-0.15, -0.1) is 0 Å². The first kappa shape index (κ1) is 10.6. The smallest absolute Gasteiger partial charge is 0.126 e. The van der Waals surface area contributed by atoms with Crippen molar-refractivity contribution in [3.8, 4) is 0 Å². The van der Waals surface area contributed by atoms with Crippen molar-refractivity contribution < 1.29 is 8.78 Å². The van der Waals surface area contributed by atoms with E-state index in [1.165, 1.54) is 18.2 Å². The molecular weight excluding hydrogens is 196 g/mol.